The lowest BCUT2D eigenvalue weighted by Gasteiger charge is -2.09. The smallest absolute Gasteiger partial charge is 0.269 e. The first-order valence-electron chi connectivity index (χ1n) is 5.58. The van der Waals surface area contributed by atoms with E-state index in [9.17, 15) is 9.59 Å². The maximum atomic E-state index is 12.2. The van der Waals surface area contributed by atoms with E-state index in [0.717, 1.165) is 5.00 Å². The van der Waals surface area contributed by atoms with Crippen molar-refractivity contribution in [1.29, 1.82) is 0 Å². The van der Waals surface area contributed by atoms with Gasteiger partial charge in [0.05, 0.1) is 0 Å². The molecule has 0 saturated carbocycles. The Morgan fingerprint density at radius 1 is 1.39 bits per heavy atom. The summed E-state index contributed by atoms with van der Waals surface area (Å²) >= 11 is 7.07. The van der Waals surface area contributed by atoms with Crippen molar-refractivity contribution < 1.29 is 0 Å². The highest BCUT2D eigenvalue weighted by atomic mass is 35.5. The van der Waals surface area contributed by atoms with Gasteiger partial charge in [0.15, 0.2) is 0 Å². The van der Waals surface area contributed by atoms with Crippen molar-refractivity contribution in [2.24, 2.45) is 0 Å². The summed E-state index contributed by atoms with van der Waals surface area (Å²) in [5.74, 6) is 0.429. The average Bonchev–Trinajstić information content (AvgIpc) is 2.87. The minimum atomic E-state index is -0.307. The first kappa shape index (κ1) is 13.1. The molecule has 0 radical (unpaired) electrons. The summed E-state index contributed by atoms with van der Waals surface area (Å²) in [6, 6.07) is 3.72. The molecule has 2 heterocycles. The predicted molar refractivity (Wildman–Crippen MR) is 74.3 cm³/mol. The highest BCUT2D eigenvalue weighted by Crippen LogP contribution is 2.12. The minimum absolute atomic E-state index is 0.238. The molecule has 0 saturated heterocycles. The molecule has 6 heteroatoms. The number of aryl methyl sites for hydroxylation is 1. The van der Waals surface area contributed by atoms with Crippen LogP contribution in [-0.4, -0.2) is 15.0 Å². The summed E-state index contributed by atoms with van der Waals surface area (Å²) in [7, 11) is 0. The number of rotatable bonds is 4. The van der Waals surface area contributed by atoms with Gasteiger partial charge >= 0.3 is 5.69 Å². The number of halogens is 1. The Balaban J connectivity index is 2.60. The van der Waals surface area contributed by atoms with E-state index in [1.807, 2.05) is 17.5 Å². The summed E-state index contributed by atoms with van der Waals surface area (Å²) in [6.07, 6.45) is 2.19. The second-order valence-corrected chi connectivity index (χ2v) is 5.22. The van der Waals surface area contributed by atoms with Crippen molar-refractivity contribution >= 4 is 22.9 Å². The van der Waals surface area contributed by atoms with Crippen molar-refractivity contribution in [3.05, 3.63) is 50.1 Å². The van der Waals surface area contributed by atoms with Crippen LogP contribution in [0.1, 0.15) is 12.0 Å². The molecular formula is C12H13ClN2O2S. The van der Waals surface area contributed by atoms with Crippen molar-refractivity contribution in [2.75, 3.05) is 5.88 Å². The third kappa shape index (κ3) is 2.42. The Bertz CT molecular complexity index is 643. The van der Waals surface area contributed by atoms with Crippen molar-refractivity contribution in [2.45, 2.75) is 19.9 Å². The molecule has 2 aromatic rings. The zero-order valence-corrected chi connectivity index (χ0v) is 11.5. The molecular weight excluding hydrogens is 272 g/mol. The molecule has 0 aliphatic heterocycles. The third-order valence-electron chi connectivity index (χ3n) is 2.60. The van der Waals surface area contributed by atoms with Gasteiger partial charge in [-0.1, -0.05) is 0 Å². The van der Waals surface area contributed by atoms with E-state index in [1.54, 1.807) is 13.1 Å². The SMILES string of the molecule is Cc1cn(-c2cccs2)c(=O)n(CCCCl)c1=O. The predicted octanol–water partition coefficient (Wildman–Crippen LogP) is 2.00. The number of hydrogen-bond donors (Lipinski definition) is 0. The Kier molecular flexibility index (Phi) is 4.04. The van der Waals surface area contributed by atoms with Crippen LogP contribution < -0.4 is 11.2 Å². The van der Waals surface area contributed by atoms with Gasteiger partial charge in [0.25, 0.3) is 5.56 Å². The molecule has 18 heavy (non-hydrogen) atoms. The van der Waals surface area contributed by atoms with Gasteiger partial charge < -0.3 is 0 Å². The maximum absolute atomic E-state index is 12.2. The van der Waals surface area contributed by atoms with Crippen LogP contribution in [0.3, 0.4) is 0 Å². The van der Waals surface area contributed by atoms with E-state index >= 15 is 0 Å². The monoisotopic (exact) mass is 284 g/mol. The van der Waals surface area contributed by atoms with Gasteiger partial charge in [0, 0.05) is 24.2 Å². The van der Waals surface area contributed by atoms with Gasteiger partial charge in [-0.15, -0.1) is 22.9 Å². The van der Waals surface area contributed by atoms with Crippen LogP contribution in [0.15, 0.2) is 33.3 Å². The topological polar surface area (TPSA) is 44.0 Å². The molecule has 2 aromatic heterocycles. The van der Waals surface area contributed by atoms with Crippen LogP contribution in [0.4, 0.5) is 0 Å². The van der Waals surface area contributed by atoms with Gasteiger partial charge in [-0.25, -0.2) is 4.79 Å². The molecule has 96 valence electrons. The Morgan fingerprint density at radius 3 is 2.78 bits per heavy atom. The van der Waals surface area contributed by atoms with E-state index in [1.165, 1.54) is 20.5 Å². The van der Waals surface area contributed by atoms with Crippen LogP contribution in [-0.2, 0) is 6.54 Å². The van der Waals surface area contributed by atoms with Crippen molar-refractivity contribution in [3.8, 4) is 5.00 Å². The molecule has 0 spiro atoms. The quantitative estimate of drug-likeness (QED) is 0.806. The maximum Gasteiger partial charge on any atom is 0.336 e. The Hall–Kier alpha value is -1.33. The fraction of sp³-hybridized carbons (Fsp3) is 0.333. The molecule has 0 amide bonds. The van der Waals surface area contributed by atoms with Gasteiger partial charge in [-0.2, -0.15) is 0 Å². The number of alkyl halides is 1. The van der Waals surface area contributed by atoms with Crippen LogP contribution in [0.25, 0.3) is 5.00 Å². The van der Waals surface area contributed by atoms with E-state index in [0.29, 0.717) is 24.4 Å². The Morgan fingerprint density at radius 2 is 2.17 bits per heavy atom. The standard InChI is InChI=1S/C12H13ClN2O2S/c1-9-8-15(10-4-2-7-18-10)12(17)14(11(9)16)6-3-5-13/h2,4,7-8H,3,5-6H2,1H3. The lowest BCUT2D eigenvalue weighted by atomic mass is 10.3. The van der Waals surface area contributed by atoms with E-state index < -0.39 is 0 Å². The van der Waals surface area contributed by atoms with Crippen LogP contribution in [0.5, 0.6) is 0 Å². The average molecular weight is 285 g/mol. The van der Waals surface area contributed by atoms with Crippen molar-refractivity contribution in [1.82, 2.24) is 9.13 Å². The molecule has 0 aliphatic rings. The third-order valence-corrected chi connectivity index (χ3v) is 3.74. The lowest BCUT2D eigenvalue weighted by molar-refractivity contribution is 0.596. The second-order valence-electron chi connectivity index (χ2n) is 3.92. The van der Waals surface area contributed by atoms with Crippen molar-refractivity contribution in [3.63, 3.8) is 0 Å². The summed E-state index contributed by atoms with van der Waals surface area (Å²) < 4.78 is 2.76. The normalized spacial score (nSPS) is 10.8. The zero-order valence-electron chi connectivity index (χ0n) is 9.93. The molecule has 0 atom stereocenters. The summed E-state index contributed by atoms with van der Waals surface area (Å²) in [4.78, 5) is 24.2. The fourth-order valence-electron chi connectivity index (χ4n) is 1.71. The molecule has 0 aliphatic carbocycles. The summed E-state index contributed by atoms with van der Waals surface area (Å²) in [6.45, 7) is 2.07. The molecule has 0 fully saturated rings. The van der Waals surface area contributed by atoms with E-state index in [2.05, 4.69) is 0 Å². The van der Waals surface area contributed by atoms with Crippen LogP contribution >= 0.6 is 22.9 Å². The molecule has 4 nitrogen and oxygen atoms in total. The van der Waals surface area contributed by atoms with Crippen LogP contribution in [0, 0.1) is 6.92 Å². The van der Waals surface area contributed by atoms with Gasteiger partial charge in [0.1, 0.15) is 5.00 Å². The summed E-state index contributed by atoms with van der Waals surface area (Å²) in [5, 5.41) is 2.70. The second kappa shape index (κ2) is 5.54. The number of aromatic nitrogens is 2. The van der Waals surface area contributed by atoms with E-state index in [4.69, 9.17) is 11.6 Å². The molecule has 0 unspecified atom stereocenters. The molecule has 0 N–H and O–H groups in total. The number of hydrogen-bond acceptors (Lipinski definition) is 3. The first-order valence-corrected chi connectivity index (χ1v) is 6.99. The number of thiophene rings is 1. The van der Waals surface area contributed by atoms with E-state index in [-0.39, 0.29) is 11.2 Å². The molecule has 2 rings (SSSR count). The van der Waals surface area contributed by atoms with Gasteiger partial charge in [-0.3, -0.25) is 13.9 Å². The largest absolute Gasteiger partial charge is 0.336 e. The lowest BCUT2D eigenvalue weighted by Crippen LogP contribution is -2.40. The van der Waals surface area contributed by atoms with Crippen LogP contribution in [0.2, 0.25) is 0 Å². The highest BCUT2D eigenvalue weighted by Gasteiger charge is 2.10. The fourth-order valence-corrected chi connectivity index (χ4v) is 2.53. The van der Waals surface area contributed by atoms with Gasteiger partial charge in [-0.05, 0) is 30.9 Å². The Labute approximate surface area is 113 Å². The minimum Gasteiger partial charge on any atom is -0.269 e. The zero-order chi connectivity index (χ0) is 13.1. The first-order chi connectivity index (χ1) is 8.65. The van der Waals surface area contributed by atoms with Gasteiger partial charge in [0.2, 0.25) is 0 Å². The summed E-state index contributed by atoms with van der Waals surface area (Å²) in [5.41, 5.74) is 0.00802. The molecule has 0 bridgehead atoms. The molecule has 0 aromatic carbocycles. The number of nitrogens with zero attached hydrogens (tertiary/aromatic N) is 2. The highest BCUT2D eigenvalue weighted by molar-refractivity contribution is 7.12.